The molecule has 4 rings (SSSR count). The SMILES string of the molecule is COc1ccc(N(CC(=O)N(Cc2ccc(F)cc2)[C@H](Cc2ccccc2)C(=O)NC(C)(C)C)S(=O)(=O)c2ccccc2)cc1. The summed E-state index contributed by atoms with van der Waals surface area (Å²) in [6.07, 6.45) is 0.170. The molecule has 0 fully saturated rings. The standard InChI is InChI=1S/C35H38FN3O5S/c1-35(2,3)37-34(41)32(23-26-11-7-5-8-12-26)38(24-27-15-17-28(36)18-16-27)33(40)25-39(29-19-21-30(44-4)22-20-29)45(42,43)31-13-9-6-10-14-31/h5-22,32H,23-25H2,1-4H3,(H,37,41)/t32-/m1/s1. The molecule has 4 aromatic carbocycles. The predicted octanol–water partition coefficient (Wildman–Crippen LogP) is 5.58. The normalized spacial score (nSPS) is 12.2. The summed E-state index contributed by atoms with van der Waals surface area (Å²) in [4.78, 5) is 29.7. The van der Waals surface area contributed by atoms with Gasteiger partial charge in [0.2, 0.25) is 11.8 Å². The third-order valence-electron chi connectivity index (χ3n) is 7.01. The minimum absolute atomic E-state index is 0.00464. The Labute approximate surface area is 264 Å². The van der Waals surface area contributed by atoms with Gasteiger partial charge in [0.25, 0.3) is 10.0 Å². The molecule has 1 N–H and O–H groups in total. The van der Waals surface area contributed by atoms with Crippen LogP contribution in [0.4, 0.5) is 10.1 Å². The first-order chi connectivity index (χ1) is 21.4. The van der Waals surface area contributed by atoms with Gasteiger partial charge in [-0.15, -0.1) is 0 Å². The molecule has 45 heavy (non-hydrogen) atoms. The van der Waals surface area contributed by atoms with Crippen LogP contribution in [0, 0.1) is 5.82 Å². The van der Waals surface area contributed by atoms with Crippen LogP contribution >= 0.6 is 0 Å². The third kappa shape index (κ3) is 8.92. The van der Waals surface area contributed by atoms with Crippen molar-refractivity contribution in [2.24, 2.45) is 0 Å². The smallest absolute Gasteiger partial charge is 0.264 e. The highest BCUT2D eigenvalue weighted by Gasteiger charge is 2.35. The van der Waals surface area contributed by atoms with Gasteiger partial charge >= 0.3 is 0 Å². The van der Waals surface area contributed by atoms with Crippen molar-refractivity contribution < 1.29 is 27.1 Å². The summed E-state index contributed by atoms with van der Waals surface area (Å²) in [7, 11) is -2.72. The quantitative estimate of drug-likeness (QED) is 0.220. The number of rotatable bonds is 12. The summed E-state index contributed by atoms with van der Waals surface area (Å²) < 4.78 is 48.2. The summed E-state index contributed by atoms with van der Waals surface area (Å²) in [6.45, 7) is 4.87. The van der Waals surface area contributed by atoms with Crippen LogP contribution in [0.3, 0.4) is 0 Å². The van der Waals surface area contributed by atoms with E-state index in [1.54, 1.807) is 54.6 Å². The van der Waals surface area contributed by atoms with Crippen LogP contribution in [0.15, 0.2) is 114 Å². The Balaban J connectivity index is 1.81. The molecule has 0 spiro atoms. The lowest BCUT2D eigenvalue weighted by molar-refractivity contribution is -0.140. The van der Waals surface area contributed by atoms with E-state index in [1.807, 2.05) is 51.1 Å². The predicted molar refractivity (Wildman–Crippen MR) is 173 cm³/mol. The lowest BCUT2D eigenvalue weighted by atomic mass is 10.0. The van der Waals surface area contributed by atoms with Crippen LogP contribution in [0.25, 0.3) is 0 Å². The first-order valence-electron chi connectivity index (χ1n) is 14.5. The van der Waals surface area contributed by atoms with Crippen LogP contribution in [0.1, 0.15) is 31.9 Å². The fraction of sp³-hybridized carbons (Fsp3) is 0.257. The van der Waals surface area contributed by atoms with Crippen molar-refractivity contribution in [3.05, 3.63) is 126 Å². The summed E-state index contributed by atoms with van der Waals surface area (Å²) in [5.41, 5.74) is 1.02. The van der Waals surface area contributed by atoms with Gasteiger partial charge in [0.1, 0.15) is 24.2 Å². The van der Waals surface area contributed by atoms with Gasteiger partial charge in [0.15, 0.2) is 0 Å². The number of carbonyl (C=O) groups excluding carboxylic acids is 2. The zero-order valence-corrected chi connectivity index (χ0v) is 26.6. The molecule has 10 heteroatoms. The number of sulfonamides is 1. The second-order valence-corrected chi connectivity index (χ2v) is 13.5. The van der Waals surface area contributed by atoms with Crippen LogP contribution in [-0.4, -0.2) is 50.4 Å². The monoisotopic (exact) mass is 631 g/mol. The average Bonchev–Trinajstić information content (AvgIpc) is 3.02. The van der Waals surface area contributed by atoms with E-state index in [0.717, 1.165) is 9.87 Å². The van der Waals surface area contributed by atoms with E-state index >= 15 is 0 Å². The molecular formula is C35H38FN3O5S. The van der Waals surface area contributed by atoms with Gasteiger partial charge in [-0.3, -0.25) is 13.9 Å². The van der Waals surface area contributed by atoms with Gasteiger partial charge in [-0.2, -0.15) is 0 Å². The molecule has 0 aliphatic heterocycles. The molecule has 8 nitrogen and oxygen atoms in total. The Morgan fingerprint density at radius 1 is 0.822 bits per heavy atom. The van der Waals surface area contributed by atoms with Gasteiger partial charge in [0.05, 0.1) is 17.7 Å². The highest BCUT2D eigenvalue weighted by molar-refractivity contribution is 7.92. The van der Waals surface area contributed by atoms with Gasteiger partial charge in [-0.05, 0) is 80.4 Å². The number of methoxy groups -OCH3 is 1. The lowest BCUT2D eigenvalue weighted by Crippen LogP contribution is -2.56. The minimum Gasteiger partial charge on any atom is -0.497 e. The molecule has 1 atom stereocenters. The fourth-order valence-electron chi connectivity index (χ4n) is 4.79. The number of nitrogens with one attached hydrogen (secondary N) is 1. The molecule has 0 heterocycles. The molecule has 236 valence electrons. The summed E-state index contributed by atoms with van der Waals surface area (Å²) in [6, 6.07) is 28.1. The number of ether oxygens (including phenoxy) is 1. The first-order valence-corrected chi connectivity index (χ1v) is 15.9. The Kier molecular flexibility index (Phi) is 10.6. The van der Waals surface area contributed by atoms with Crippen molar-refractivity contribution in [2.75, 3.05) is 18.0 Å². The van der Waals surface area contributed by atoms with Crippen molar-refractivity contribution in [3.8, 4) is 5.75 Å². The summed E-state index contributed by atoms with van der Waals surface area (Å²) in [5.74, 6) is -0.937. The van der Waals surface area contributed by atoms with Crippen molar-refractivity contribution in [1.29, 1.82) is 0 Å². The second kappa shape index (κ2) is 14.4. The Hall–Kier alpha value is -4.70. The molecular weight excluding hydrogens is 593 g/mol. The number of anilines is 1. The molecule has 0 aromatic heterocycles. The maximum absolute atomic E-state index is 14.4. The molecule has 0 bridgehead atoms. The highest BCUT2D eigenvalue weighted by Crippen LogP contribution is 2.27. The van der Waals surface area contributed by atoms with E-state index < -0.39 is 45.8 Å². The number of halogens is 1. The molecule has 2 amide bonds. The van der Waals surface area contributed by atoms with E-state index in [9.17, 15) is 22.4 Å². The number of hydrogen-bond donors (Lipinski definition) is 1. The number of amides is 2. The Morgan fingerprint density at radius 3 is 1.96 bits per heavy atom. The van der Waals surface area contributed by atoms with Gasteiger partial charge in [-0.1, -0.05) is 60.7 Å². The zero-order chi connectivity index (χ0) is 32.6. The molecule has 0 aliphatic carbocycles. The van der Waals surface area contributed by atoms with E-state index in [1.165, 1.54) is 36.3 Å². The fourth-order valence-corrected chi connectivity index (χ4v) is 6.23. The zero-order valence-electron chi connectivity index (χ0n) is 25.8. The largest absolute Gasteiger partial charge is 0.497 e. The minimum atomic E-state index is -4.22. The van der Waals surface area contributed by atoms with Crippen LogP contribution in [-0.2, 0) is 32.6 Å². The van der Waals surface area contributed by atoms with Gasteiger partial charge in [-0.25, -0.2) is 12.8 Å². The molecule has 0 unspecified atom stereocenters. The number of benzene rings is 4. The maximum atomic E-state index is 14.4. The van der Waals surface area contributed by atoms with Crippen LogP contribution in [0.5, 0.6) is 5.75 Å². The summed E-state index contributed by atoms with van der Waals surface area (Å²) in [5, 5.41) is 2.98. The highest BCUT2D eigenvalue weighted by atomic mass is 32.2. The van der Waals surface area contributed by atoms with E-state index in [-0.39, 0.29) is 23.5 Å². The van der Waals surface area contributed by atoms with Crippen LogP contribution in [0.2, 0.25) is 0 Å². The number of hydrogen-bond acceptors (Lipinski definition) is 5. The molecule has 0 radical (unpaired) electrons. The number of nitrogens with zero attached hydrogens (tertiary/aromatic N) is 2. The molecule has 0 saturated heterocycles. The lowest BCUT2D eigenvalue weighted by Gasteiger charge is -2.35. The first kappa shape index (κ1) is 33.2. The third-order valence-corrected chi connectivity index (χ3v) is 8.79. The van der Waals surface area contributed by atoms with Crippen molar-refractivity contribution in [1.82, 2.24) is 10.2 Å². The van der Waals surface area contributed by atoms with E-state index in [4.69, 9.17) is 4.74 Å². The Morgan fingerprint density at radius 2 is 1.40 bits per heavy atom. The van der Waals surface area contributed by atoms with Crippen molar-refractivity contribution >= 4 is 27.5 Å². The molecule has 0 aliphatic rings. The van der Waals surface area contributed by atoms with Gasteiger partial charge < -0.3 is 15.0 Å². The topological polar surface area (TPSA) is 96.0 Å². The van der Waals surface area contributed by atoms with Gasteiger partial charge in [0, 0.05) is 18.5 Å². The van der Waals surface area contributed by atoms with E-state index in [2.05, 4.69) is 5.32 Å². The summed E-state index contributed by atoms with van der Waals surface area (Å²) >= 11 is 0. The van der Waals surface area contributed by atoms with Crippen molar-refractivity contribution in [3.63, 3.8) is 0 Å². The second-order valence-electron chi connectivity index (χ2n) is 11.6. The maximum Gasteiger partial charge on any atom is 0.264 e. The molecule has 0 saturated carbocycles. The molecule has 4 aromatic rings. The van der Waals surface area contributed by atoms with Crippen LogP contribution < -0.4 is 14.4 Å². The van der Waals surface area contributed by atoms with Crippen molar-refractivity contribution in [2.45, 2.75) is 50.2 Å². The number of carbonyl (C=O) groups is 2. The van der Waals surface area contributed by atoms with E-state index in [0.29, 0.717) is 11.3 Å². The average molecular weight is 632 g/mol. The Bertz CT molecular complexity index is 1680.